The number of halogens is 1. The zero-order valence-electron chi connectivity index (χ0n) is 12.2. The van der Waals surface area contributed by atoms with Gasteiger partial charge in [0.1, 0.15) is 5.52 Å². The van der Waals surface area contributed by atoms with E-state index in [4.69, 9.17) is 11.6 Å². The second-order valence-electron chi connectivity index (χ2n) is 5.22. The molecule has 0 spiro atoms. The van der Waals surface area contributed by atoms with E-state index < -0.39 is 10.0 Å². The van der Waals surface area contributed by atoms with Gasteiger partial charge < -0.3 is 0 Å². The molecule has 0 aliphatic rings. The molecule has 0 amide bonds. The molecule has 24 heavy (non-hydrogen) atoms. The van der Waals surface area contributed by atoms with Crippen LogP contribution in [0.5, 0.6) is 0 Å². The molecule has 120 valence electrons. The van der Waals surface area contributed by atoms with Crippen molar-refractivity contribution < 1.29 is 8.42 Å². The van der Waals surface area contributed by atoms with E-state index in [1.807, 2.05) is 36.4 Å². The molecule has 3 aromatic carbocycles. The summed E-state index contributed by atoms with van der Waals surface area (Å²) in [7, 11) is -3.71. The normalized spacial score (nSPS) is 11.9. The first kappa shape index (κ1) is 15.4. The quantitative estimate of drug-likeness (QED) is 0.554. The maximum Gasteiger partial charge on any atom is 0.263 e. The summed E-state index contributed by atoms with van der Waals surface area (Å²) >= 11 is 7.34. The highest BCUT2D eigenvalue weighted by atomic mass is 35.5. The lowest BCUT2D eigenvalue weighted by molar-refractivity contribution is 0.601. The lowest BCUT2D eigenvalue weighted by Gasteiger charge is -2.06. The summed E-state index contributed by atoms with van der Waals surface area (Å²) in [5.41, 5.74) is 0.598. The van der Waals surface area contributed by atoms with Crippen LogP contribution in [0.3, 0.4) is 0 Å². The molecule has 7 heteroatoms. The van der Waals surface area contributed by atoms with Gasteiger partial charge in [0, 0.05) is 0 Å². The van der Waals surface area contributed by atoms with E-state index in [-0.39, 0.29) is 4.90 Å². The van der Waals surface area contributed by atoms with Crippen LogP contribution < -0.4 is 4.72 Å². The second kappa shape index (κ2) is 5.73. The van der Waals surface area contributed by atoms with E-state index in [9.17, 15) is 8.42 Å². The fourth-order valence-corrected chi connectivity index (χ4v) is 4.90. The van der Waals surface area contributed by atoms with Gasteiger partial charge in [-0.1, -0.05) is 59.3 Å². The van der Waals surface area contributed by atoms with Crippen molar-refractivity contribution in [3.05, 3.63) is 65.7 Å². The van der Waals surface area contributed by atoms with Crippen LogP contribution in [0.25, 0.3) is 21.0 Å². The highest BCUT2D eigenvalue weighted by Gasteiger charge is 2.17. The van der Waals surface area contributed by atoms with Crippen molar-refractivity contribution in [3.63, 3.8) is 0 Å². The molecule has 4 aromatic rings. The van der Waals surface area contributed by atoms with Gasteiger partial charge in [0.2, 0.25) is 0 Å². The summed E-state index contributed by atoms with van der Waals surface area (Å²) in [4.78, 5) is 4.48. The maximum atomic E-state index is 12.6. The molecule has 4 rings (SSSR count). The van der Waals surface area contributed by atoms with Gasteiger partial charge in [0.05, 0.1) is 14.6 Å². The Hall–Kier alpha value is -2.15. The number of fused-ring (bicyclic) bond motifs is 2. The number of thiazole rings is 1. The fraction of sp³-hybridized carbons (Fsp3) is 0. The Bertz CT molecular complexity index is 1170. The Morgan fingerprint density at radius 2 is 1.75 bits per heavy atom. The molecule has 0 unspecified atom stereocenters. The Balaban J connectivity index is 1.74. The third-order valence-electron chi connectivity index (χ3n) is 3.62. The summed E-state index contributed by atoms with van der Waals surface area (Å²) in [6.45, 7) is 0. The number of rotatable bonds is 3. The van der Waals surface area contributed by atoms with Crippen LogP contribution >= 0.6 is 22.9 Å². The van der Waals surface area contributed by atoms with E-state index in [2.05, 4.69) is 9.71 Å². The van der Waals surface area contributed by atoms with Gasteiger partial charge in [0.25, 0.3) is 10.0 Å². The Labute approximate surface area is 147 Å². The number of nitrogens with zero attached hydrogens (tertiary/aromatic N) is 1. The minimum Gasteiger partial charge on any atom is -0.255 e. The van der Waals surface area contributed by atoms with Crippen molar-refractivity contribution in [3.8, 4) is 0 Å². The number of para-hydroxylation sites is 1. The molecule has 0 radical (unpaired) electrons. The van der Waals surface area contributed by atoms with Gasteiger partial charge in [0.15, 0.2) is 5.13 Å². The summed E-state index contributed by atoms with van der Waals surface area (Å²) < 4.78 is 28.6. The number of hydrogen-bond donors (Lipinski definition) is 1. The lowest BCUT2D eigenvalue weighted by Crippen LogP contribution is -2.12. The predicted molar refractivity (Wildman–Crippen MR) is 99.4 cm³/mol. The molecule has 0 aliphatic heterocycles. The first-order valence-electron chi connectivity index (χ1n) is 7.10. The van der Waals surface area contributed by atoms with E-state index in [0.717, 1.165) is 15.5 Å². The average Bonchev–Trinajstić information content (AvgIpc) is 2.97. The Morgan fingerprint density at radius 3 is 2.54 bits per heavy atom. The van der Waals surface area contributed by atoms with E-state index in [0.29, 0.717) is 15.7 Å². The topological polar surface area (TPSA) is 59.1 Å². The molecule has 0 saturated heterocycles. The standard InChI is InChI=1S/C17H11ClN2O2S2/c18-14-6-3-7-15-16(14)19-17(23-15)20-24(21,22)13-9-8-11-4-1-2-5-12(11)10-13/h1-10H,(H,19,20). The third kappa shape index (κ3) is 2.73. The van der Waals surface area contributed by atoms with Crippen molar-refractivity contribution in [1.29, 1.82) is 0 Å². The van der Waals surface area contributed by atoms with Gasteiger partial charge in [-0.3, -0.25) is 4.72 Å². The van der Waals surface area contributed by atoms with Crippen LogP contribution in [0.4, 0.5) is 5.13 Å². The van der Waals surface area contributed by atoms with Gasteiger partial charge in [-0.15, -0.1) is 0 Å². The second-order valence-corrected chi connectivity index (χ2v) is 8.34. The summed E-state index contributed by atoms with van der Waals surface area (Å²) in [6.07, 6.45) is 0. The molecule has 1 heterocycles. The first-order chi connectivity index (χ1) is 11.5. The van der Waals surface area contributed by atoms with Crippen molar-refractivity contribution in [1.82, 2.24) is 4.98 Å². The monoisotopic (exact) mass is 374 g/mol. The highest BCUT2D eigenvalue weighted by Crippen LogP contribution is 2.32. The van der Waals surface area contributed by atoms with Gasteiger partial charge in [-0.25, -0.2) is 13.4 Å². The average molecular weight is 375 g/mol. The van der Waals surface area contributed by atoms with Crippen molar-refractivity contribution >= 4 is 59.1 Å². The molecule has 0 fully saturated rings. The Morgan fingerprint density at radius 1 is 0.958 bits per heavy atom. The summed E-state index contributed by atoms with van der Waals surface area (Å²) in [5.74, 6) is 0. The van der Waals surface area contributed by atoms with Crippen LogP contribution in [-0.4, -0.2) is 13.4 Å². The number of nitrogens with one attached hydrogen (secondary N) is 1. The van der Waals surface area contributed by atoms with Crippen molar-refractivity contribution in [2.75, 3.05) is 4.72 Å². The largest absolute Gasteiger partial charge is 0.263 e. The van der Waals surface area contributed by atoms with Crippen molar-refractivity contribution in [2.45, 2.75) is 4.90 Å². The van der Waals surface area contributed by atoms with E-state index >= 15 is 0 Å². The number of aromatic nitrogens is 1. The number of hydrogen-bond acceptors (Lipinski definition) is 4. The molecular formula is C17H11ClN2O2S2. The predicted octanol–water partition coefficient (Wildman–Crippen LogP) is 4.90. The maximum absolute atomic E-state index is 12.6. The molecule has 0 aliphatic carbocycles. The number of anilines is 1. The zero-order valence-corrected chi connectivity index (χ0v) is 14.6. The molecule has 0 atom stereocenters. The van der Waals surface area contributed by atoms with Gasteiger partial charge >= 0.3 is 0 Å². The third-order valence-corrected chi connectivity index (χ3v) is 6.33. The van der Waals surface area contributed by atoms with E-state index in [1.165, 1.54) is 11.3 Å². The fourth-order valence-electron chi connectivity index (χ4n) is 2.47. The minimum absolute atomic E-state index is 0.201. The number of sulfonamides is 1. The SMILES string of the molecule is O=S(=O)(Nc1nc2c(Cl)cccc2s1)c1ccc2ccccc2c1. The van der Waals surface area contributed by atoms with Crippen LogP contribution in [0.2, 0.25) is 5.02 Å². The molecular weight excluding hydrogens is 364 g/mol. The molecule has 0 saturated carbocycles. The Kier molecular flexibility index (Phi) is 3.68. The zero-order chi connectivity index (χ0) is 16.7. The van der Waals surface area contributed by atoms with Gasteiger partial charge in [-0.2, -0.15) is 0 Å². The highest BCUT2D eigenvalue weighted by molar-refractivity contribution is 7.93. The summed E-state index contributed by atoms with van der Waals surface area (Å²) in [5, 5.41) is 2.65. The van der Waals surface area contributed by atoms with Crippen LogP contribution in [-0.2, 0) is 10.0 Å². The molecule has 1 N–H and O–H groups in total. The molecule has 0 bridgehead atoms. The van der Waals surface area contributed by atoms with Crippen LogP contribution in [0.1, 0.15) is 0 Å². The van der Waals surface area contributed by atoms with Crippen LogP contribution in [0, 0.1) is 0 Å². The van der Waals surface area contributed by atoms with E-state index in [1.54, 1.807) is 24.3 Å². The van der Waals surface area contributed by atoms with Gasteiger partial charge in [-0.05, 0) is 35.0 Å². The van der Waals surface area contributed by atoms with Crippen LogP contribution in [0.15, 0.2) is 65.6 Å². The smallest absolute Gasteiger partial charge is 0.255 e. The molecule has 1 aromatic heterocycles. The molecule has 4 nitrogen and oxygen atoms in total. The first-order valence-corrected chi connectivity index (χ1v) is 9.77. The van der Waals surface area contributed by atoms with Crippen molar-refractivity contribution in [2.24, 2.45) is 0 Å². The summed E-state index contributed by atoms with van der Waals surface area (Å²) in [6, 6.07) is 18.0. The minimum atomic E-state index is -3.71. The number of benzene rings is 3. The lowest BCUT2D eigenvalue weighted by atomic mass is 10.1.